The zero-order valence-electron chi connectivity index (χ0n) is 17.4. The van der Waals surface area contributed by atoms with E-state index in [4.69, 9.17) is 9.26 Å². The first kappa shape index (κ1) is 20.8. The van der Waals surface area contributed by atoms with E-state index in [1.54, 1.807) is 12.1 Å². The number of aromatic nitrogens is 2. The van der Waals surface area contributed by atoms with Gasteiger partial charge >= 0.3 is 5.97 Å². The third-order valence-corrected chi connectivity index (χ3v) is 4.84. The second-order valence-electron chi connectivity index (χ2n) is 8.23. The fraction of sp³-hybridized carbons (Fsp3) is 0.524. The van der Waals surface area contributed by atoms with Crippen LogP contribution in [0.3, 0.4) is 0 Å². The summed E-state index contributed by atoms with van der Waals surface area (Å²) < 4.78 is 10.1. The van der Waals surface area contributed by atoms with Gasteiger partial charge in [-0.3, -0.25) is 4.79 Å². The van der Waals surface area contributed by atoms with Crippen LogP contribution >= 0.6 is 0 Å². The molecule has 0 bridgehead atoms. The summed E-state index contributed by atoms with van der Waals surface area (Å²) in [7, 11) is 1.34. The highest BCUT2D eigenvalue weighted by atomic mass is 16.5. The molecule has 1 aliphatic rings. The van der Waals surface area contributed by atoms with Gasteiger partial charge in [0.15, 0.2) is 5.82 Å². The lowest BCUT2D eigenvalue weighted by Crippen LogP contribution is -2.22. The second-order valence-corrected chi connectivity index (χ2v) is 8.23. The molecule has 0 aliphatic carbocycles. The minimum Gasteiger partial charge on any atom is -0.465 e. The van der Waals surface area contributed by atoms with Crippen molar-refractivity contribution >= 4 is 23.3 Å². The van der Waals surface area contributed by atoms with Crippen LogP contribution in [0.25, 0.3) is 0 Å². The molecular formula is C21H28N4O4. The van der Waals surface area contributed by atoms with Crippen molar-refractivity contribution in [3.8, 4) is 0 Å². The van der Waals surface area contributed by atoms with Gasteiger partial charge in [-0.1, -0.05) is 25.9 Å². The number of hydrogen-bond acceptors (Lipinski definition) is 7. The van der Waals surface area contributed by atoms with Crippen molar-refractivity contribution in [3.63, 3.8) is 0 Å². The molecular weight excluding hydrogens is 372 g/mol. The Labute approximate surface area is 170 Å². The van der Waals surface area contributed by atoms with E-state index in [9.17, 15) is 9.59 Å². The van der Waals surface area contributed by atoms with Crippen molar-refractivity contribution in [1.29, 1.82) is 0 Å². The second kappa shape index (κ2) is 8.63. The summed E-state index contributed by atoms with van der Waals surface area (Å²) in [5, 5.41) is 6.92. The van der Waals surface area contributed by atoms with E-state index in [2.05, 4.69) is 20.4 Å². The van der Waals surface area contributed by atoms with Crippen LogP contribution in [-0.2, 0) is 21.4 Å². The molecule has 1 N–H and O–H groups in total. The van der Waals surface area contributed by atoms with Gasteiger partial charge in [0.25, 0.3) is 0 Å². The molecule has 0 unspecified atom stereocenters. The third-order valence-electron chi connectivity index (χ3n) is 4.84. The molecule has 1 amide bonds. The van der Waals surface area contributed by atoms with E-state index < -0.39 is 5.97 Å². The number of nitrogens with one attached hydrogen (secondary N) is 1. The molecule has 1 aromatic heterocycles. The van der Waals surface area contributed by atoms with Crippen LogP contribution < -0.4 is 10.2 Å². The van der Waals surface area contributed by atoms with E-state index in [1.165, 1.54) is 7.11 Å². The Morgan fingerprint density at radius 3 is 2.59 bits per heavy atom. The van der Waals surface area contributed by atoms with E-state index in [0.29, 0.717) is 29.4 Å². The molecule has 0 saturated carbocycles. The molecule has 8 nitrogen and oxygen atoms in total. The number of carbonyl (C=O) groups is 2. The number of nitrogens with zero attached hydrogens (tertiary/aromatic N) is 3. The Morgan fingerprint density at radius 2 is 1.97 bits per heavy atom. The zero-order chi connectivity index (χ0) is 21.0. The summed E-state index contributed by atoms with van der Waals surface area (Å²) in [6, 6.07) is 5.25. The van der Waals surface area contributed by atoms with Crippen LogP contribution in [0.5, 0.6) is 0 Å². The molecule has 1 aliphatic heterocycles. The van der Waals surface area contributed by atoms with Crippen molar-refractivity contribution in [2.45, 2.75) is 51.9 Å². The fourth-order valence-electron chi connectivity index (χ4n) is 3.21. The quantitative estimate of drug-likeness (QED) is 0.743. The number of carbonyl (C=O) groups excluding carboxylic acids is 2. The number of hydrogen-bond donors (Lipinski definition) is 1. The SMILES string of the molecule is COC(=O)c1ccc(N2CCCC2)c(NC(=O)CCc2nc(C(C)(C)C)no2)c1. The lowest BCUT2D eigenvalue weighted by Gasteiger charge is -2.22. The van der Waals surface area contributed by atoms with Crippen LogP contribution in [0, 0.1) is 0 Å². The highest BCUT2D eigenvalue weighted by molar-refractivity contribution is 5.98. The fourth-order valence-corrected chi connectivity index (χ4v) is 3.21. The van der Waals surface area contributed by atoms with Gasteiger partial charge in [-0.05, 0) is 31.0 Å². The van der Waals surface area contributed by atoms with Gasteiger partial charge in [-0.25, -0.2) is 4.79 Å². The Balaban J connectivity index is 1.70. The van der Waals surface area contributed by atoms with Crippen molar-refractivity contribution in [3.05, 3.63) is 35.5 Å². The van der Waals surface area contributed by atoms with Crippen molar-refractivity contribution in [1.82, 2.24) is 10.1 Å². The molecule has 156 valence electrons. The topological polar surface area (TPSA) is 97.6 Å². The third kappa shape index (κ3) is 5.13. The van der Waals surface area contributed by atoms with Crippen LogP contribution in [0.1, 0.15) is 62.1 Å². The van der Waals surface area contributed by atoms with E-state index >= 15 is 0 Å². The first-order chi connectivity index (χ1) is 13.8. The number of amides is 1. The number of ether oxygens (including phenoxy) is 1. The number of rotatable bonds is 6. The molecule has 0 spiro atoms. The van der Waals surface area contributed by atoms with Crippen LogP contribution in [0.4, 0.5) is 11.4 Å². The van der Waals surface area contributed by atoms with E-state index in [0.717, 1.165) is 31.6 Å². The van der Waals surface area contributed by atoms with Gasteiger partial charge in [0.2, 0.25) is 11.8 Å². The van der Waals surface area contributed by atoms with Crippen molar-refractivity contribution in [2.75, 3.05) is 30.4 Å². The Hall–Kier alpha value is -2.90. The molecule has 3 rings (SSSR count). The Kier molecular flexibility index (Phi) is 6.20. The van der Waals surface area contributed by atoms with Crippen molar-refractivity contribution in [2.24, 2.45) is 0 Å². The summed E-state index contributed by atoms with van der Waals surface area (Å²) >= 11 is 0. The monoisotopic (exact) mass is 400 g/mol. The summed E-state index contributed by atoms with van der Waals surface area (Å²) in [6.45, 7) is 7.86. The maximum Gasteiger partial charge on any atom is 0.337 e. The molecule has 29 heavy (non-hydrogen) atoms. The standard InChI is InChI=1S/C21H28N4O4/c1-21(2,3)20-23-18(29-24-20)10-9-17(26)22-15-13-14(19(27)28-4)7-8-16(15)25-11-5-6-12-25/h7-8,13H,5-6,9-12H2,1-4H3,(H,22,26). The van der Waals surface area contributed by atoms with Gasteiger partial charge in [0.05, 0.1) is 24.0 Å². The lowest BCUT2D eigenvalue weighted by atomic mass is 9.96. The number of benzene rings is 1. The normalized spacial score (nSPS) is 14.1. The Bertz CT molecular complexity index is 879. The first-order valence-electron chi connectivity index (χ1n) is 9.88. The molecule has 2 aromatic rings. The van der Waals surface area contributed by atoms with Gasteiger partial charge in [0, 0.05) is 31.3 Å². The van der Waals surface area contributed by atoms with Crippen LogP contribution in [-0.4, -0.2) is 42.2 Å². The molecule has 1 fully saturated rings. The number of methoxy groups -OCH3 is 1. The van der Waals surface area contributed by atoms with Gasteiger partial charge in [0.1, 0.15) is 0 Å². The van der Waals surface area contributed by atoms with Gasteiger partial charge < -0.3 is 19.5 Å². The lowest BCUT2D eigenvalue weighted by molar-refractivity contribution is -0.116. The number of anilines is 2. The molecule has 1 saturated heterocycles. The van der Waals surface area contributed by atoms with E-state index in [1.807, 2.05) is 26.8 Å². The summed E-state index contributed by atoms with van der Waals surface area (Å²) in [4.78, 5) is 31.0. The summed E-state index contributed by atoms with van der Waals surface area (Å²) in [6.07, 6.45) is 2.77. The minimum absolute atomic E-state index is 0.178. The molecule has 0 atom stereocenters. The van der Waals surface area contributed by atoms with Crippen molar-refractivity contribution < 1.29 is 18.8 Å². The van der Waals surface area contributed by atoms with Gasteiger partial charge in [-0.2, -0.15) is 4.98 Å². The van der Waals surface area contributed by atoms with Gasteiger partial charge in [-0.15, -0.1) is 0 Å². The largest absolute Gasteiger partial charge is 0.465 e. The Morgan fingerprint density at radius 1 is 1.24 bits per heavy atom. The molecule has 2 heterocycles. The summed E-state index contributed by atoms with van der Waals surface area (Å²) in [5.41, 5.74) is 1.72. The average molecular weight is 400 g/mol. The highest BCUT2D eigenvalue weighted by Gasteiger charge is 2.22. The van der Waals surface area contributed by atoms with Crippen LogP contribution in [0.15, 0.2) is 22.7 Å². The molecule has 0 radical (unpaired) electrons. The maximum absolute atomic E-state index is 12.6. The maximum atomic E-state index is 12.6. The smallest absolute Gasteiger partial charge is 0.337 e. The highest BCUT2D eigenvalue weighted by Crippen LogP contribution is 2.30. The first-order valence-corrected chi connectivity index (χ1v) is 9.88. The predicted molar refractivity (Wildman–Crippen MR) is 109 cm³/mol. The number of esters is 1. The molecule has 1 aromatic carbocycles. The van der Waals surface area contributed by atoms with E-state index in [-0.39, 0.29) is 17.7 Å². The minimum atomic E-state index is -0.436. The average Bonchev–Trinajstić information content (AvgIpc) is 3.37. The zero-order valence-corrected chi connectivity index (χ0v) is 17.4. The number of aryl methyl sites for hydroxylation is 1. The summed E-state index contributed by atoms with van der Waals surface area (Å²) in [5.74, 6) is 0.445. The molecule has 8 heteroatoms. The van der Waals surface area contributed by atoms with Crippen LogP contribution in [0.2, 0.25) is 0 Å². The predicted octanol–water partition coefficient (Wildman–Crippen LogP) is 3.33.